The number of aromatic nitrogens is 1. The zero-order valence-electron chi connectivity index (χ0n) is 14.9. The van der Waals surface area contributed by atoms with E-state index in [0.717, 1.165) is 51.0 Å². The molecule has 1 aromatic heterocycles. The molecule has 1 aliphatic heterocycles. The van der Waals surface area contributed by atoms with E-state index in [9.17, 15) is 4.79 Å². The van der Waals surface area contributed by atoms with Crippen molar-refractivity contribution in [3.05, 3.63) is 65.5 Å². The Labute approximate surface area is 150 Å². The maximum atomic E-state index is 12.3. The van der Waals surface area contributed by atoms with Crippen molar-refractivity contribution in [1.82, 2.24) is 15.2 Å². The number of aryl methyl sites for hydroxylation is 1. The maximum absolute atomic E-state index is 12.3. The number of nitrogens with zero attached hydrogens (tertiary/aromatic N) is 2. The van der Waals surface area contributed by atoms with E-state index in [0.29, 0.717) is 5.92 Å². The van der Waals surface area contributed by atoms with Crippen molar-refractivity contribution < 1.29 is 4.79 Å². The topological polar surface area (TPSA) is 45.2 Å². The first kappa shape index (κ1) is 17.6. The number of pyridine rings is 1. The Balaban J connectivity index is 1.40. The van der Waals surface area contributed by atoms with Crippen LogP contribution in [0.5, 0.6) is 0 Å². The van der Waals surface area contributed by atoms with Crippen molar-refractivity contribution in [2.75, 3.05) is 19.6 Å². The number of rotatable bonds is 6. The number of likely N-dealkylation sites (tertiary alicyclic amines) is 1. The molecule has 4 heteroatoms. The highest BCUT2D eigenvalue weighted by Crippen LogP contribution is 2.18. The number of benzene rings is 1. The zero-order valence-corrected chi connectivity index (χ0v) is 14.9. The van der Waals surface area contributed by atoms with Crippen LogP contribution in [0.3, 0.4) is 0 Å². The summed E-state index contributed by atoms with van der Waals surface area (Å²) in [5.41, 5.74) is 3.34. The van der Waals surface area contributed by atoms with E-state index >= 15 is 0 Å². The van der Waals surface area contributed by atoms with Crippen LogP contribution in [0.15, 0.2) is 48.8 Å². The molecule has 1 aromatic carbocycles. The van der Waals surface area contributed by atoms with Crippen LogP contribution < -0.4 is 5.32 Å². The van der Waals surface area contributed by atoms with Gasteiger partial charge in [0.1, 0.15) is 0 Å². The monoisotopic (exact) mass is 337 g/mol. The molecule has 0 saturated carbocycles. The third-order valence-electron chi connectivity index (χ3n) is 5.04. The lowest BCUT2D eigenvalue weighted by Crippen LogP contribution is -2.38. The molecule has 1 amide bonds. The Kier molecular flexibility index (Phi) is 6.18. The number of carbonyl (C=O) groups is 1. The molecular weight excluding hydrogens is 310 g/mol. The standard InChI is InChI=1S/C21H27N3O/c1-2-17-3-5-20(6-4-17)21(25)23-15-18-9-13-24(14-10-18)16-19-7-11-22-12-8-19/h3-8,11-12,18H,2,9-10,13-16H2,1H3,(H,23,25). The molecule has 0 radical (unpaired) electrons. The number of hydrogen-bond acceptors (Lipinski definition) is 3. The Hall–Kier alpha value is -2.20. The summed E-state index contributed by atoms with van der Waals surface area (Å²) in [4.78, 5) is 18.8. The summed E-state index contributed by atoms with van der Waals surface area (Å²) in [6.45, 7) is 6.07. The van der Waals surface area contributed by atoms with Crippen LogP contribution in [-0.2, 0) is 13.0 Å². The third kappa shape index (κ3) is 5.13. The summed E-state index contributed by atoms with van der Waals surface area (Å²) in [6.07, 6.45) is 6.98. The first-order valence-electron chi connectivity index (χ1n) is 9.23. The van der Waals surface area contributed by atoms with Crippen LogP contribution in [0.1, 0.15) is 41.3 Å². The van der Waals surface area contributed by atoms with Gasteiger partial charge in [-0.1, -0.05) is 19.1 Å². The van der Waals surface area contributed by atoms with Crippen LogP contribution in [-0.4, -0.2) is 35.4 Å². The summed E-state index contributed by atoms with van der Waals surface area (Å²) in [5, 5.41) is 3.10. The minimum Gasteiger partial charge on any atom is -0.352 e. The van der Waals surface area contributed by atoms with E-state index in [4.69, 9.17) is 0 Å². The van der Waals surface area contributed by atoms with Gasteiger partial charge in [0, 0.05) is 31.0 Å². The second kappa shape index (κ2) is 8.77. The Morgan fingerprint density at radius 3 is 2.40 bits per heavy atom. The van der Waals surface area contributed by atoms with Gasteiger partial charge in [0.2, 0.25) is 0 Å². The van der Waals surface area contributed by atoms with Gasteiger partial charge >= 0.3 is 0 Å². The van der Waals surface area contributed by atoms with Crippen molar-refractivity contribution in [2.45, 2.75) is 32.7 Å². The van der Waals surface area contributed by atoms with Crippen LogP contribution in [0.2, 0.25) is 0 Å². The summed E-state index contributed by atoms with van der Waals surface area (Å²) < 4.78 is 0. The molecule has 132 valence electrons. The third-order valence-corrected chi connectivity index (χ3v) is 5.04. The van der Waals surface area contributed by atoms with E-state index in [1.807, 2.05) is 36.7 Å². The molecule has 0 atom stereocenters. The first-order valence-corrected chi connectivity index (χ1v) is 9.23. The van der Waals surface area contributed by atoms with Gasteiger partial charge in [-0.2, -0.15) is 0 Å². The molecule has 2 heterocycles. The van der Waals surface area contributed by atoms with Gasteiger partial charge in [0.15, 0.2) is 0 Å². The van der Waals surface area contributed by atoms with Gasteiger partial charge < -0.3 is 5.32 Å². The van der Waals surface area contributed by atoms with E-state index < -0.39 is 0 Å². The maximum Gasteiger partial charge on any atom is 0.251 e. The van der Waals surface area contributed by atoms with E-state index in [1.165, 1.54) is 11.1 Å². The minimum absolute atomic E-state index is 0.0434. The SMILES string of the molecule is CCc1ccc(C(=O)NCC2CCN(Cc3ccncc3)CC2)cc1. The van der Waals surface area contributed by atoms with Crippen molar-refractivity contribution in [2.24, 2.45) is 5.92 Å². The number of amides is 1. The highest BCUT2D eigenvalue weighted by atomic mass is 16.1. The van der Waals surface area contributed by atoms with Crippen molar-refractivity contribution in [3.8, 4) is 0 Å². The second-order valence-electron chi connectivity index (χ2n) is 6.84. The Morgan fingerprint density at radius 2 is 1.76 bits per heavy atom. The van der Waals surface area contributed by atoms with E-state index in [-0.39, 0.29) is 5.91 Å². The van der Waals surface area contributed by atoms with Crippen LogP contribution in [0.4, 0.5) is 0 Å². The van der Waals surface area contributed by atoms with E-state index in [2.05, 4.69) is 34.3 Å². The summed E-state index contributed by atoms with van der Waals surface area (Å²) in [5.74, 6) is 0.620. The molecule has 25 heavy (non-hydrogen) atoms. The fourth-order valence-electron chi connectivity index (χ4n) is 3.33. The predicted molar refractivity (Wildman–Crippen MR) is 100 cm³/mol. The molecular formula is C21H27N3O. The molecule has 1 fully saturated rings. The van der Waals surface area contributed by atoms with Gasteiger partial charge in [-0.05, 0) is 73.7 Å². The predicted octanol–water partition coefficient (Wildman–Crippen LogP) is 3.29. The molecule has 3 rings (SSSR count). The van der Waals surface area contributed by atoms with Crippen molar-refractivity contribution in [1.29, 1.82) is 0 Å². The molecule has 1 aliphatic rings. The lowest BCUT2D eigenvalue weighted by Gasteiger charge is -2.32. The average Bonchev–Trinajstić information content (AvgIpc) is 2.68. The smallest absolute Gasteiger partial charge is 0.251 e. The van der Waals surface area contributed by atoms with Gasteiger partial charge in [0.25, 0.3) is 5.91 Å². The summed E-state index contributed by atoms with van der Waals surface area (Å²) in [6, 6.07) is 12.1. The fourth-order valence-corrected chi connectivity index (χ4v) is 3.33. The zero-order chi connectivity index (χ0) is 17.5. The number of carbonyl (C=O) groups excluding carboxylic acids is 1. The van der Waals surface area contributed by atoms with Crippen molar-refractivity contribution in [3.63, 3.8) is 0 Å². The van der Waals surface area contributed by atoms with Gasteiger partial charge in [-0.3, -0.25) is 14.7 Å². The summed E-state index contributed by atoms with van der Waals surface area (Å²) in [7, 11) is 0. The molecule has 4 nitrogen and oxygen atoms in total. The number of hydrogen-bond donors (Lipinski definition) is 1. The molecule has 2 aromatic rings. The quantitative estimate of drug-likeness (QED) is 0.880. The first-order chi connectivity index (χ1) is 12.2. The lowest BCUT2D eigenvalue weighted by atomic mass is 9.96. The van der Waals surface area contributed by atoms with Crippen LogP contribution in [0.25, 0.3) is 0 Å². The van der Waals surface area contributed by atoms with E-state index in [1.54, 1.807) is 0 Å². The second-order valence-corrected chi connectivity index (χ2v) is 6.84. The Morgan fingerprint density at radius 1 is 1.08 bits per heavy atom. The fraction of sp³-hybridized carbons (Fsp3) is 0.429. The molecule has 1 saturated heterocycles. The van der Waals surface area contributed by atoms with Gasteiger partial charge in [-0.25, -0.2) is 0 Å². The largest absolute Gasteiger partial charge is 0.352 e. The molecule has 0 spiro atoms. The van der Waals surface area contributed by atoms with Crippen LogP contribution >= 0.6 is 0 Å². The van der Waals surface area contributed by atoms with Gasteiger partial charge in [0.05, 0.1) is 0 Å². The number of nitrogens with one attached hydrogen (secondary N) is 1. The van der Waals surface area contributed by atoms with Crippen molar-refractivity contribution >= 4 is 5.91 Å². The highest BCUT2D eigenvalue weighted by Gasteiger charge is 2.20. The molecule has 0 unspecified atom stereocenters. The van der Waals surface area contributed by atoms with Gasteiger partial charge in [-0.15, -0.1) is 0 Å². The highest BCUT2D eigenvalue weighted by molar-refractivity contribution is 5.94. The molecule has 0 aliphatic carbocycles. The van der Waals surface area contributed by atoms with Crippen LogP contribution in [0, 0.1) is 5.92 Å². The number of piperidine rings is 1. The molecule has 1 N–H and O–H groups in total. The minimum atomic E-state index is 0.0434. The average molecular weight is 337 g/mol. The lowest BCUT2D eigenvalue weighted by molar-refractivity contribution is 0.0935. The normalized spacial score (nSPS) is 15.9. The Bertz CT molecular complexity index is 661. The molecule has 0 bridgehead atoms. The summed E-state index contributed by atoms with van der Waals surface area (Å²) >= 11 is 0.